The molecule has 0 radical (unpaired) electrons. The second kappa shape index (κ2) is 7.49. The molecule has 1 fully saturated rings. The zero-order valence-electron chi connectivity index (χ0n) is 15.9. The first-order chi connectivity index (χ1) is 13.9. The van der Waals surface area contributed by atoms with Crippen molar-refractivity contribution in [3.8, 4) is 5.75 Å². The van der Waals surface area contributed by atoms with Crippen LogP contribution in [0.1, 0.15) is 12.8 Å². The number of sulfonamides is 1. The van der Waals surface area contributed by atoms with Crippen LogP contribution in [-0.4, -0.2) is 50.8 Å². The van der Waals surface area contributed by atoms with Crippen molar-refractivity contribution < 1.29 is 22.7 Å². The summed E-state index contributed by atoms with van der Waals surface area (Å²) in [5.74, 6) is -0.143. The van der Waals surface area contributed by atoms with Gasteiger partial charge in [0.1, 0.15) is 18.3 Å². The maximum Gasteiger partial charge on any atom is 0.245 e. The number of rotatable bonds is 4. The van der Waals surface area contributed by atoms with E-state index in [1.54, 1.807) is 36.4 Å². The van der Waals surface area contributed by atoms with Crippen LogP contribution in [0.25, 0.3) is 0 Å². The Bertz CT molecular complexity index is 1050. The lowest BCUT2D eigenvalue weighted by Crippen LogP contribution is -2.51. The van der Waals surface area contributed by atoms with Gasteiger partial charge in [0.15, 0.2) is 0 Å². The standard InChI is InChI=1S/C20H21N3O5S/c1-28-14-8-10-15(11-9-14)29(26,27)23-12-4-7-18(23)20(25)22-13-19(24)21-16-5-2-3-6-17(16)22/h2-3,5-6,8-11,18H,4,7,12-13H2,1H3,(H,21,24). The molecule has 1 N–H and O–H groups in total. The largest absolute Gasteiger partial charge is 0.497 e. The smallest absolute Gasteiger partial charge is 0.245 e. The molecule has 2 amide bonds. The molecule has 0 bridgehead atoms. The molecule has 4 rings (SSSR count). The summed E-state index contributed by atoms with van der Waals surface area (Å²) in [7, 11) is -2.35. The van der Waals surface area contributed by atoms with Gasteiger partial charge in [0, 0.05) is 6.54 Å². The first-order valence-corrected chi connectivity index (χ1v) is 10.7. The van der Waals surface area contributed by atoms with Crippen molar-refractivity contribution in [2.75, 3.05) is 30.4 Å². The van der Waals surface area contributed by atoms with Crippen LogP contribution in [0.15, 0.2) is 53.4 Å². The van der Waals surface area contributed by atoms with Crippen LogP contribution in [-0.2, 0) is 19.6 Å². The molecule has 1 saturated heterocycles. The Kier molecular flexibility index (Phi) is 5.01. The Labute approximate surface area is 169 Å². The van der Waals surface area contributed by atoms with E-state index < -0.39 is 16.1 Å². The van der Waals surface area contributed by atoms with Gasteiger partial charge < -0.3 is 10.1 Å². The van der Waals surface area contributed by atoms with Crippen LogP contribution < -0.4 is 15.0 Å². The fourth-order valence-electron chi connectivity index (χ4n) is 3.77. The molecule has 2 aromatic carbocycles. The summed E-state index contributed by atoms with van der Waals surface area (Å²) in [4.78, 5) is 26.9. The lowest BCUT2D eigenvalue weighted by atomic mass is 10.1. The van der Waals surface area contributed by atoms with E-state index in [1.807, 2.05) is 0 Å². The molecule has 2 aromatic rings. The maximum atomic E-state index is 13.3. The highest BCUT2D eigenvalue weighted by Crippen LogP contribution is 2.33. The molecule has 152 valence electrons. The lowest BCUT2D eigenvalue weighted by Gasteiger charge is -2.33. The normalized spacial score (nSPS) is 19.6. The van der Waals surface area contributed by atoms with Crippen LogP contribution in [0.2, 0.25) is 0 Å². The average Bonchev–Trinajstić information content (AvgIpc) is 3.23. The molecular formula is C20H21N3O5S. The predicted octanol–water partition coefficient (Wildman–Crippen LogP) is 1.83. The number of para-hydroxylation sites is 2. The SMILES string of the molecule is COc1ccc(S(=O)(=O)N2CCCC2C(=O)N2CC(=O)Nc3ccccc32)cc1. The summed E-state index contributed by atoms with van der Waals surface area (Å²) in [6.07, 6.45) is 0.988. The molecule has 1 atom stereocenters. The van der Waals surface area contributed by atoms with Crippen molar-refractivity contribution in [3.63, 3.8) is 0 Å². The van der Waals surface area contributed by atoms with Gasteiger partial charge in [-0.15, -0.1) is 0 Å². The summed E-state index contributed by atoms with van der Waals surface area (Å²) in [5.41, 5.74) is 1.12. The van der Waals surface area contributed by atoms with Gasteiger partial charge >= 0.3 is 0 Å². The highest BCUT2D eigenvalue weighted by Gasteiger charge is 2.42. The second-order valence-corrected chi connectivity index (χ2v) is 8.83. The van der Waals surface area contributed by atoms with E-state index in [0.717, 1.165) is 0 Å². The predicted molar refractivity (Wildman–Crippen MR) is 107 cm³/mol. The molecule has 9 heteroatoms. The summed E-state index contributed by atoms with van der Waals surface area (Å²) in [5, 5.41) is 2.74. The zero-order chi connectivity index (χ0) is 20.6. The summed E-state index contributed by atoms with van der Waals surface area (Å²) in [6.45, 7) is 0.120. The molecule has 2 aliphatic rings. The van der Waals surface area contributed by atoms with E-state index >= 15 is 0 Å². The molecule has 2 heterocycles. The van der Waals surface area contributed by atoms with Gasteiger partial charge in [0.25, 0.3) is 0 Å². The molecule has 0 aromatic heterocycles. The van der Waals surface area contributed by atoms with Gasteiger partial charge in [0.2, 0.25) is 21.8 Å². The third-order valence-electron chi connectivity index (χ3n) is 5.19. The first kappa shape index (κ1) is 19.4. The molecule has 0 aliphatic carbocycles. The minimum Gasteiger partial charge on any atom is -0.497 e. The Morgan fingerprint density at radius 3 is 2.59 bits per heavy atom. The molecule has 0 saturated carbocycles. The monoisotopic (exact) mass is 415 g/mol. The summed E-state index contributed by atoms with van der Waals surface area (Å²) >= 11 is 0. The van der Waals surface area contributed by atoms with E-state index in [4.69, 9.17) is 4.74 Å². The van der Waals surface area contributed by atoms with E-state index in [9.17, 15) is 18.0 Å². The highest BCUT2D eigenvalue weighted by atomic mass is 32.2. The fourth-order valence-corrected chi connectivity index (χ4v) is 5.42. The Morgan fingerprint density at radius 2 is 1.86 bits per heavy atom. The van der Waals surface area contributed by atoms with Gasteiger partial charge in [-0.05, 0) is 49.2 Å². The topological polar surface area (TPSA) is 96.0 Å². The van der Waals surface area contributed by atoms with Crippen LogP contribution >= 0.6 is 0 Å². The number of benzene rings is 2. The minimum atomic E-state index is -3.86. The van der Waals surface area contributed by atoms with Crippen molar-refractivity contribution in [1.29, 1.82) is 0 Å². The van der Waals surface area contributed by atoms with Gasteiger partial charge in [-0.1, -0.05) is 12.1 Å². The molecule has 1 unspecified atom stereocenters. The fraction of sp³-hybridized carbons (Fsp3) is 0.300. The highest BCUT2D eigenvalue weighted by molar-refractivity contribution is 7.89. The Hall–Kier alpha value is -2.91. The average molecular weight is 415 g/mol. The van der Waals surface area contributed by atoms with E-state index in [0.29, 0.717) is 30.0 Å². The number of carbonyl (C=O) groups is 2. The number of hydrogen-bond acceptors (Lipinski definition) is 5. The number of carbonyl (C=O) groups excluding carboxylic acids is 2. The number of methoxy groups -OCH3 is 1. The molecule has 29 heavy (non-hydrogen) atoms. The number of nitrogens with zero attached hydrogens (tertiary/aromatic N) is 2. The zero-order valence-corrected chi connectivity index (χ0v) is 16.7. The Morgan fingerprint density at radius 1 is 1.14 bits per heavy atom. The van der Waals surface area contributed by atoms with Gasteiger partial charge in [-0.3, -0.25) is 14.5 Å². The third-order valence-corrected chi connectivity index (χ3v) is 7.11. The van der Waals surface area contributed by atoms with Crippen LogP contribution in [0, 0.1) is 0 Å². The van der Waals surface area contributed by atoms with Crippen molar-refractivity contribution >= 4 is 33.2 Å². The second-order valence-electron chi connectivity index (χ2n) is 6.94. The molecule has 2 aliphatic heterocycles. The number of amides is 2. The number of hydrogen-bond donors (Lipinski definition) is 1. The summed E-state index contributed by atoms with van der Waals surface area (Å²) < 4.78 is 32.7. The lowest BCUT2D eigenvalue weighted by molar-refractivity contribution is -0.124. The quantitative estimate of drug-likeness (QED) is 0.822. The van der Waals surface area contributed by atoms with Gasteiger partial charge in [-0.25, -0.2) is 8.42 Å². The number of anilines is 2. The molecular weight excluding hydrogens is 394 g/mol. The molecule has 8 nitrogen and oxygen atoms in total. The maximum absolute atomic E-state index is 13.3. The number of fused-ring (bicyclic) bond motifs is 1. The summed E-state index contributed by atoms with van der Waals surface area (Å²) in [6, 6.07) is 12.2. The van der Waals surface area contributed by atoms with Crippen LogP contribution in [0.5, 0.6) is 5.75 Å². The van der Waals surface area contributed by atoms with E-state index in [1.165, 1.54) is 28.4 Å². The molecule has 0 spiro atoms. The first-order valence-electron chi connectivity index (χ1n) is 9.28. The van der Waals surface area contributed by atoms with Crippen LogP contribution in [0.3, 0.4) is 0 Å². The van der Waals surface area contributed by atoms with Crippen molar-refractivity contribution in [2.24, 2.45) is 0 Å². The van der Waals surface area contributed by atoms with Crippen LogP contribution in [0.4, 0.5) is 11.4 Å². The van der Waals surface area contributed by atoms with E-state index in [-0.39, 0.29) is 29.8 Å². The van der Waals surface area contributed by atoms with Gasteiger partial charge in [-0.2, -0.15) is 4.31 Å². The third kappa shape index (κ3) is 3.47. The Balaban J connectivity index is 1.64. The number of ether oxygens (including phenoxy) is 1. The number of nitrogens with one attached hydrogen (secondary N) is 1. The van der Waals surface area contributed by atoms with E-state index in [2.05, 4.69) is 5.32 Å². The van der Waals surface area contributed by atoms with Gasteiger partial charge in [0.05, 0.1) is 23.4 Å². The van der Waals surface area contributed by atoms with Crippen molar-refractivity contribution in [2.45, 2.75) is 23.8 Å². The van der Waals surface area contributed by atoms with Crippen molar-refractivity contribution in [3.05, 3.63) is 48.5 Å². The minimum absolute atomic E-state index is 0.106. The van der Waals surface area contributed by atoms with Crippen molar-refractivity contribution in [1.82, 2.24) is 4.31 Å².